The van der Waals surface area contributed by atoms with Crippen molar-refractivity contribution < 1.29 is 4.39 Å². The molecule has 0 unspecified atom stereocenters. The molecule has 0 aromatic carbocycles. The molecule has 1 aromatic rings. The Morgan fingerprint density at radius 3 is 3.10 bits per heavy atom. The van der Waals surface area contributed by atoms with Crippen molar-refractivity contribution in [3.63, 3.8) is 0 Å². The van der Waals surface area contributed by atoms with Crippen molar-refractivity contribution in [3.8, 4) is 0 Å². The van der Waals surface area contributed by atoms with Gasteiger partial charge in [-0.15, -0.1) is 0 Å². The quantitative estimate of drug-likeness (QED) is 0.536. The molecule has 1 aromatic heterocycles. The highest BCUT2D eigenvalue weighted by Gasteiger charge is 1.94. The second kappa shape index (κ2) is 3.06. The topological polar surface area (TPSA) is 25.2 Å². The summed E-state index contributed by atoms with van der Waals surface area (Å²) >= 11 is 0. The van der Waals surface area contributed by atoms with Gasteiger partial charge in [0.1, 0.15) is 5.82 Å². The molecule has 0 saturated heterocycles. The van der Waals surface area contributed by atoms with Gasteiger partial charge in [-0.25, -0.2) is 4.39 Å². The molecular formula is C7H7FN2. The zero-order chi connectivity index (χ0) is 7.40. The van der Waals surface area contributed by atoms with Crippen LogP contribution < -0.4 is 0 Å². The van der Waals surface area contributed by atoms with Crippen LogP contribution in [0.15, 0.2) is 23.5 Å². The molecule has 2 nitrogen and oxygen atoms in total. The fourth-order valence-corrected chi connectivity index (χ4v) is 0.630. The highest BCUT2D eigenvalue weighted by atomic mass is 19.1. The standard InChI is InChI=1S/C7H7FN2/c1-9-4-6-2-3-10-5-7(6)8/h2-5H,1H3/b9-4-. The molecule has 0 amide bonds. The molecule has 10 heavy (non-hydrogen) atoms. The van der Waals surface area contributed by atoms with Crippen LogP contribution in [0.4, 0.5) is 4.39 Å². The van der Waals surface area contributed by atoms with E-state index in [1.807, 2.05) is 0 Å². The molecule has 0 fully saturated rings. The van der Waals surface area contributed by atoms with Crippen LogP contribution in [0.3, 0.4) is 0 Å². The normalized spacial score (nSPS) is 10.6. The Bertz CT molecular complexity index is 245. The summed E-state index contributed by atoms with van der Waals surface area (Å²) in [5.74, 6) is -0.340. The Morgan fingerprint density at radius 1 is 1.70 bits per heavy atom. The third-order valence-electron chi connectivity index (χ3n) is 1.07. The highest BCUT2D eigenvalue weighted by Crippen LogP contribution is 1.99. The number of halogens is 1. The van der Waals surface area contributed by atoms with Gasteiger partial charge in [0, 0.05) is 25.0 Å². The summed E-state index contributed by atoms with van der Waals surface area (Å²) in [5, 5.41) is 0. The first-order chi connectivity index (χ1) is 4.84. The van der Waals surface area contributed by atoms with Gasteiger partial charge >= 0.3 is 0 Å². The number of aliphatic imine (C=N–C) groups is 1. The van der Waals surface area contributed by atoms with Crippen LogP contribution >= 0.6 is 0 Å². The molecule has 3 heteroatoms. The molecule has 1 rings (SSSR count). The summed E-state index contributed by atoms with van der Waals surface area (Å²) in [6, 6.07) is 1.57. The zero-order valence-electron chi connectivity index (χ0n) is 5.58. The maximum atomic E-state index is 12.6. The average molecular weight is 138 g/mol. The van der Waals surface area contributed by atoms with Crippen molar-refractivity contribution in [1.82, 2.24) is 4.98 Å². The van der Waals surface area contributed by atoms with Gasteiger partial charge in [-0.3, -0.25) is 9.98 Å². The van der Waals surface area contributed by atoms with Gasteiger partial charge in [0.05, 0.1) is 6.20 Å². The molecule has 0 bridgehead atoms. The summed E-state index contributed by atoms with van der Waals surface area (Å²) in [4.78, 5) is 7.26. The molecule has 0 aliphatic rings. The molecule has 0 N–H and O–H groups in total. The maximum absolute atomic E-state index is 12.6. The van der Waals surface area contributed by atoms with Crippen molar-refractivity contribution >= 4 is 6.21 Å². The minimum absolute atomic E-state index is 0.340. The van der Waals surface area contributed by atoms with Crippen molar-refractivity contribution in [3.05, 3.63) is 29.8 Å². The van der Waals surface area contributed by atoms with E-state index in [0.717, 1.165) is 6.20 Å². The van der Waals surface area contributed by atoms with E-state index < -0.39 is 0 Å². The van der Waals surface area contributed by atoms with E-state index in [9.17, 15) is 4.39 Å². The van der Waals surface area contributed by atoms with Crippen LogP contribution in [0, 0.1) is 5.82 Å². The first-order valence-corrected chi connectivity index (χ1v) is 2.86. The Labute approximate surface area is 58.4 Å². The number of hydrogen-bond donors (Lipinski definition) is 0. The van der Waals surface area contributed by atoms with Gasteiger partial charge in [-0.05, 0) is 6.07 Å². The zero-order valence-corrected chi connectivity index (χ0v) is 5.58. The number of pyridine rings is 1. The molecule has 0 aliphatic heterocycles. The molecule has 0 atom stereocenters. The fraction of sp³-hybridized carbons (Fsp3) is 0.143. The van der Waals surface area contributed by atoms with Crippen LogP contribution in [0.1, 0.15) is 5.56 Å². The monoisotopic (exact) mass is 138 g/mol. The third-order valence-corrected chi connectivity index (χ3v) is 1.07. The van der Waals surface area contributed by atoms with Crippen LogP contribution in [0.5, 0.6) is 0 Å². The Kier molecular flexibility index (Phi) is 2.10. The second-order valence-corrected chi connectivity index (χ2v) is 1.78. The average Bonchev–Trinajstić information content (AvgIpc) is 1.94. The lowest BCUT2D eigenvalue weighted by Crippen LogP contribution is -1.87. The lowest BCUT2D eigenvalue weighted by atomic mass is 10.3. The summed E-state index contributed by atoms with van der Waals surface area (Å²) in [5.41, 5.74) is 0.470. The van der Waals surface area contributed by atoms with Gasteiger partial charge in [-0.1, -0.05) is 0 Å². The van der Waals surface area contributed by atoms with Crippen molar-refractivity contribution in [2.75, 3.05) is 7.05 Å². The number of rotatable bonds is 1. The molecule has 0 aliphatic carbocycles. The van der Waals surface area contributed by atoms with E-state index in [1.54, 1.807) is 13.1 Å². The maximum Gasteiger partial charge on any atom is 0.150 e. The van der Waals surface area contributed by atoms with Gasteiger partial charge < -0.3 is 0 Å². The lowest BCUT2D eigenvalue weighted by Gasteiger charge is -1.90. The third kappa shape index (κ3) is 1.37. The van der Waals surface area contributed by atoms with E-state index in [1.165, 1.54) is 12.4 Å². The SMILES string of the molecule is C/N=C\c1ccncc1F. The summed E-state index contributed by atoms with van der Waals surface area (Å²) < 4.78 is 12.6. The number of nitrogens with zero attached hydrogens (tertiary/aromatic N) is 2. The summed E-state index contributed by atoms with van der Waals surface area (Å²) in [6.07, 6.45) is 4.15. The molecule has 0 spiro atoms. The largest absolute Gasteiger partial charge is 0.296 e. The molecule has 1 heterocycles. The smallest absolute Gasteiger partial charge is 0.150 e. The molecule has 0 saturated carbocycles. The first-order valence-electron chi connectivity index (χ1n) is 2.86. The van der Waals surface area contributed by atoms with E-state index in [0.29, 0.717) is 5.56 Å². The van der Waals surface area contributed by atoms with E-state index in [2.05, 4.69) is 9.98 Å². The van der Waals surface area contributed by atoms with Crippen molar-refractivity contribution in [1.29, 1.82) is 0 Å². The van der Waals surface area contributed by atoms with Gasteiger partial charge in [0.15, 0.2) is 0 Å². The predicted molar refractivity (Wildman–Crippen MR) is 37.7 cm³/mol. The highest BCUT2D eigenvalue weighted by molar-refractivity contribution is 5.79. The van der Waals surface area contributed by atoms with E-state index in [4.69, 9.17) is 0 Å². The van der Waals surface area contributed by atoms with Gasteiger partial charge in [0.25, 0.3) is 0 Å². The molecule has 52 valence electrons. The number of hydrogen-bond acceptors (Lipinski definition) is 2. The predicted octanol–water partition coefficient (Wildman–Crippen LogP) is 1.27. The molecular weight excluding hydrogens is 131 g/mol. The first kappa shape index (κ1) is 6.86. The molecule has 0 radical (unpaired) electrons. The van der Waals surface area contributed by atoms with Gasteiger partial charge in [0.2, 0.25) is 0 Å². The van der Waals surface area contributed by atoms with Gasteiger partial charge in [-0.2, -0.15) is 0 Å². The second-order valence-electron chi connectivity index (χ2n) is 1.78. The van der Waals surface area contributed by atoms with Crippen molar-refractivity contribution in [2.45, 2.75) is 0 Å². The van der Waals surface area contributed by atoms with Crippen LogP contribution in [0.2, 0.25) is 0 Å². The Hall–Kier alpha value is -1.25. The van der Waals surface area contributed by atoms with Crippen LogP contribution in [-0.2, 0) is 0 Å². The summed E-state index contributed by atoms with van der Waals surface area (Å²) in [7, 11) is 1.60. The fourth-order valence-electron chi connectivity index (χ4n) is 0.630. The van der Waals surface area contributed by atoms with Crippen molar-refractivity contribution in [2.24, 2.45) is 4.99 Å². The van der Waals surface area contributed by atoms with Crippen LogP contribution in [0.25, 0.3) is 0 Å². The minimum Gasteiger partial charge on any atom is -0.296 e. The minimum atomic E-state index is -0.340. The van der Waals surface area contributed by atoms with E-state index >= 15 is 0 Å². The van der Waals surface area contributed by atoms with E-state index in [-0.39, 0.29) is 5.82 Å². The Morgan fingerprint density at radius 2 is 2.50 bits per heavy atom. The van der Waals surface area contributed by atoms with Crippen LogP contribution in [-0.4, -0.2) is 18.2 Å². The number of aromatic nitrogens is 1. The summed E-state index contributed by atoms with van der Waals surface area (Å²) in [6.45, 7) is 0. The lowest BCUT2D eigenvalue weighted by molar-refractivity contribution is 0.619. The Balaban J connectivity index is 3.03.